The highest BCUT2D eigenvalue weighted by Gasteiger charge is 2.37. The van der Waals surface area contributed by atoms with E-state index in [1.165, 1.54) is 9.13 Å². The molecule has 2 fully saturated rings. The molecule has 1 saturated carbocycles. The lowest BCUT2D eigenvalue weighted by atomic mass is 9.69. The van der Waals surface area contributed by atoms with Gasteiger partial charge in [-0.2, -0.15) is 13.5 Å². The quantitative estimate of drug-likeness (QED) is 0.579. The van der Waals surface area contributed by atoms with Crippen LogP contribution in [0.4, 0.5) is 4.79 Å². The Hall–Kier alpha value is -2.79. The summed E-state index contributed by atoms with van der Waals surface area (Å²) in [5.74, 6) is 0.453. The van der Waals surface area contributed by atoms with Crippen molar-refractivity contribution in [3.05, 3.63) is 34.2 Å². The number of ether oxygens (including phenoxy) is 1. The highest BCUT2D eigenvalue weighted by atomic mass is 32.1. The fourth-order valence-corrected chi connectivity index (χ4v) is 6.09. The van der Waals surface area contributed by atoms with E-state index in [0.717, 1.165) is 19.3 Å². The van der Waals surface area contributed by atoms with E-state index in [-0.39, 0.29) is 56.3 Å². The summed E-state index contributed by atoms with van der Waals surface area (Å²) in [7, 11) is 0. The van der Waals surface area contributed by atoms with Gasteiger partial charge in [-0.15, -0.1) is 0 Å². The zero-order valence-electron chi connectivity index (χ0n) is 23.5. The molecule has 0 spiro atoms. The van der Waals surface area contributed by atoms with Gasteiger partial charge in [0.15, 0.2) is 0 Å². The normalized spacial score (nSPS) is 21.6. The van der Waals surface area contributed by atoms with Gasteiger partial charge in [0, 0.05) is 50.7 Å². The monoisotopic (exact) mass is 561 g/mol. The van der Waals surface area contributed by atoms with Crippen molar-refractivity contribution in [2.45, 2.75) is 53.5 Å². The fourth-order valence-electron chi connectivity index (χ4n) is 6.09. The van der Waals surface area contributed by atoms with E-state index in [1.807, 2.05) is 0 Å². The lowest BCUT2D eigenvalue weighted by Crippen LogP contribution is -2.50. The molecule has 2 N–H and O–H groups in total. The second-order valence-electron chi connectivity index (χ2n) is 11.0. The molecule has 0 bridgehead atoms. The predicted octanol–water partition coefficient (Wildman–Crippen LogP) is 3.14. The van der Waals surface area contributed by atoms with Crippen molar-refractivity contribution in [3.8, 4) is 0 Å². The van der Waals surface area contributed by atoms with Crippen molar-refractivity contribution in [1.29, 1.82) is 0 Å². The van der Waals surface area contributed by atoms with E-state index < -0.39 is 5.69 Å². The zero-order chi connectivity index (χ0) is 27.6. The number of imidazole rings is 1. The zero-order valence-corrected chi connectivity index (χ0v) is 24.5. The van der Waals surface area contributed by atoms with Gasteiger partial charge in [-0.25, -0.2) is 14.2 Å². The van der Waals surface area contributed by atoms with E-state index in [1.54, 1.807) is 34.9 Å². The third-order valence-electron chi connectivity index (χ3n) is 8.18. The average Bonchev–Trinajstić information content (AvgIpc) is 3.18. The van der Waals surface area contributed by atoms with Crippen molar-refractivity contribution in [1.82, 2.24) is 18.9 Å². The Morgan fingerprint density at radius 1 is 1.05 bits per heavy atom. The van der Waals surface area contributed by atoms with Crippen molar-refractivity contribution >= 4 is 42.4 Å². The molecule has 1 aromatic heterocycles. The second kappa shape index (κ2) is 13.0. The van der Waals surface area contributed by atoms with E-state index >= 15 is 0 Å². The first-order valence-electron chi connectivity index (χ1n) is 13.9. The summed E-state index contributed by atoms with van der Waals surface area (Å²) in [6.45, 7) is 10.6. The maximum Gasteiger partial charge on any atom is 0.409 e. The Kier molecular flexibility index (Phi) is 10.3. The Morgan fingerprint density at radius 2 is 1.72 bits per heavy atom. The summed E-state index contributed by atoms with van der Waals surface area (Å²) in [6.07, 6.45) is 2.47. The van der Waals surface area contributed by atoms with E-state index in [2.05, 4.69) is 20.8 Å². The summed E-state index contributed by atoms with van der Waals surface area (Å²) in [4.78, 5) is 56.1. The van der Waals surface area contributed by atoms with Gasteiger partial charge in [-0.05, 0) is 55.7 Å². The van der Waals surface area contributed by atoms with Gasteiger partial charge in [0.1, 0.15) is 0 Å². The standard InChI is InChI=1S/C28H41N5O5.H2S/c1-5-38-28(37)31-14-12-30(13-15-31)25(34)20-7-9-23-24(17-20)32(11-10-29)27(36)33(23)26(35)22-16-19(4)6-8-21(22)18(2)3;/h7,9,17-19,21-22H,5-6,8,10-16,29H2,1-4H3;1H2/t19-,21+,22-;/m1./s1. The summed E-state index contributed by atoms with van der Waals surface area (Å²) in [6, 6.07) is 5.09. The molecule has 1 saturated heterocycles. The lowest BCUT2D eigenvalue weighted by molar-refractivity contribution is 0.0570. The minimum Gasteiger partial charge on any atom is -0.450 e. The number of fused-ring (bicyclic) bond motifs is 1. The minimum atomic E-state index is -0.399. The fraction of sp³-hybridized carbons (Fsp3) is 0.643. The highest BCUT2D eigenvalue weighted by molar-refractivity contribution is 7.59. The van der Waals surface area contributed by atoms with Crippen molar-refractivity contribution in [2.24, 2.45) is 29.4 Å². The molecule has 39 heavy (non-hydrogen) atoms. The van der Waals surface area contributed by atoms with E-state index in [9.17, 15) is 19.2 Å². The average molecular weight is 562 g/mol. The third-order valence-corrected chi connectivity index (χ3v) is 8.18. The number of nitrogens with two attached hydrogens (primary N) is 1. The molecule has 2 aromatic rings. The van der Waals surface area contributed by atoms with Crippen LogP contribution in [0.15, 0.2) is 23.0 Å². The molecule has 2 aliphatic rings. The van der Waals surface area contributed by atoms with Crippen LogP contribution in [0.25, 0.3) is 11.0 Å². The van der Waals surface area contributed by atoms with E-state index in [4.69, 9.17) is 10.5 Å². The molecule has 0 unspecified atom stereocenters. The van der Waals surface area contributed by atoms with Crippen LogP contribution < -0.4 is 11.4 Å². The van der Waals surface area contributed by atoms with Gasteiger partial charge >= 0.3 is 11.8 Å². The molecule has 11 heteroatoms. The molecule has 1 aliphatic heterocycles. The Morgan fingerprint density at radius 3 is 2.33 bits per heavy atom. The first-order valence-corrected chi connectivity index (χ1v) is 13.9. The first kappa shape index (κ1) is 30.7. The molecule has 216 valence electrons. The Labute approximate surface area is 236 Å². The number of nitrogens with zero attached hydrogens (tertiary/aromatic N) is 4. The van der Waals surface area contributed by atoms with Crippen LogP contribution in [-0.4, -0.2) is 76.2 Å². The molecular weight excluding hydrogens is 518 g/mol. The van der Waals surface area contributed by atoms with Crippen LogP contribution in [0.5, 0.6) is 0 Å². The number of carbonyl (C=O) groups is 3. The molecule has 10 nitrogen and oxygen atoms in total. The molecule has 0 radical (unpaired) electrons. The van der Waals surface area contributed by atoms with Crippen LogP contribution in [0.1, 0.15) is 62.1 Å². The van der Waals surface area contributed by atoms with Gasteiger partial charge in [-0.3, -0.25) is 14.2 Å². The Bertz CT molecular complexity index is 1250. The molecule has 1 aromatic carbocycles. The number of carbonyl (C=O) groups excluding carboxylic acids is 3. The maximum absolute atomic E-state index is 13.9. The van der Waals surface area contributed by atoms with Gasteiger partial charge in [-0.1, -0.05) is 27.2 Å². The largest absolute Gasteiger partial charge is 0.450 e. The molecule has 3 atom stereocenters. The second-order valence-corrected chi connectivity index (χ2v) is 11.0. The van der Waals surface area contributed by atoms with Gasteiger partial charge in [0.2, 0.25) is 5.91 Å². The Balaban J connectivity index is 0.00000420. The van der Waals surface area contributed by atoms with Crippen molar-refractivity contribution in [2.75, 3.05) is 39.3 Å². The number of aromatic nitrogens is 2. The number of rotatable bonds is 6. The predicted molar refractivity (Wildman–Crippen MR) is 156 cm³/mol. The SMILES string of the molecule is CCOC(=O)N1CCN(C(=O)c2ccc3c(c2)n(CCN)c(=O)n3C(=O)[C@@H]2C[C@H](C)CC[C@H]2C(C)C)CC1.S. The number of hydrogen-bond donors (Lipinski definition) is 1. The van der Waals surface area contributed by atoms with Crippen molar-refractivity contribution in [3.63, 3.8) is 0 Å². The smallest absolute Gasteiger partial charge is 0.409 e. The molecule has 4 rings (SSSR count). The van der Waals surface area contributed by atoms with Gasteiger partial charge in [0.25, 0.3) is 5.91 Å². The third kappa shape index (κ3) is 6.19. The molecule has 2 heterocycles. The lowest BCUT2D eigenvalue weighted by Gasteiger charge is -2.36. The highest BCUT2D eigenvalue weighted by Crippen LogP contribution is 2.39. The topological polar surface area (TPSA) is 120 Å². The summed E-state index contributed by atoms with van der Waals surface area (Å²) >= 11 is 0. The van der Waals surface area contributed by atoms with Gasteiger partial charge < -0.3 is 20.3 Å². The number of benzene rings is 1. The van der Waals surface area contributed by atoms with Gasteiger partial charge in [0.05, 0.1) is 17.6 Å². The molecule has 2 amide bonds. The maximum atomic E-state index is 13.9. The number of hydrogen-bond acceptors (Lipinski definition) is 6. The van der Waals surface area contributed by atoms with E-state index in [0.29, 0.717) is 61.2 Å². The van der Waals surface area contributed by atoms with Crippen molar-refractivity contribution < 1.29 is 19.1 Å². The first-order chi connectivity index (χ1) is 18.2. The van der Waals surface area contributed by atoms with Crippen LogP contribution in [-0.2, 0) is 11.3 Å². The van der Waals surface area contributed by atoms with Crippen LogP contribution in [0.3, 0.4) is 0 Å². The van der Waals surface area contributed by atoms with Crippen LogP contribution in [0, 0.1) is 23.7 Å². The minimum absolute atomic E-state index is 0. The summed E-state index contributed by atoms with van der Waals surface area (Å²) < 4.78 is 7.89. The molecule has 1 aliphatic carbocycles. The summed E-state index contributed by atoms with van der Waals surface area (Å²) in [5, 5.41) is 0. The van der Waals surface area contributed by atoms with Crippen LogP contribution in [0.2, 0.25) is 0 Å². The molecular formula is C28H43N5O5S. The number of amides is 2. The number of piperazine rings is 1. The van der Waals surface area contributed by atoms with Crippen LogP contribution >= 0.6 is 13.5 Å². The summed E-state index contributed by atoms with van der Waals surface area (Å²) in [5.41, 5.74) is 6.91.